The first-order valence-corrected chi connectivity index (χ1v) is 10.9. The van der Waals surface area contributed by atoms with E-state index in [4.69, 9.17) is 0 Å². The summed E-state index contributed by atoms with van der Waals surface area (Å²) in [7, 11) is 0. The van der Waals surface area contributed by atoms with Gasteiger partial charge in [-0.1, -0.05) is 24.3 Å². The summed E-state index contributed by atoms with van der Waals surface area (Å²) in [5.41, 5.74) is 5.89. The molecule has 0 aliphatic carbocycles. The van der Waals surface area contributed by atoms with E-state index in [0.717, 1.165) is 39.9 Å². The second kappa shape index (κ2) is 9.49. The third-order valence-corrected chi connectivity index (χ3v) is 5.83. The third-order valence-electron chi connectivity index (χ3n) is 4.90. The summed E-state index contributed by atoms with van der Waals surface area (Å²) in [6.45, 7) is 4.60. The van der Waals surface area contributed by atoms with Gasteiger partial charge in [0.05, 0.1) is 11.1 Å². The highest BCUT2D eigenvalue weighted by molar-refractivity contribution is 7.12. The van der Waals surface area contributed by atoms with Crippen molar-refractivity contribution in [2.75, 3.05) is 6.54 Å². The Hall–Kier alpha value is -3.58. The lowest BCUT2D eigenvalue weighted by Crippen LogP contribution is -2.24. The number of carbonyl (C=O) groups is 1. The molecule has 6 nitrogen and oxygen atoms in total. The van der Waals surface area contributed by atoms with Gasteiger partial charge in [-0.2, -0.15) is 5.10 Å². The molecule has 0 bridgehead atoms. The molecule has 4 rings (SSSR count). The van der Waals surface area contributed by atoms with Gasteiger partial charge in [0.1, 0.15) is 0 Å². The quantitative estimate of drug-likeness (QED) is 0.428. The molecule has 0 aromatic carbocycles. The highest BCUT2D eigenvalue weighted by Crippen LogP contribution is 2.26. The molecule has 4 heterocycles. The summed E-state index contributed by atoms with van der Waals surface area (Å²) >= 11 is 1.42. The highest BCUT2D eigenvalue weighted by Gasteiger charge is 2.12. The minimum absolute atomic E-state index is 0.0692. The maximum Gasteiger partial charge on any atom is 0.261 e. The lowest BCUT2D eigenvalue weighted by atomic mass is 10.1. The predicted molar refractivity (Wildman–Crippen MR) is 125 cm³/mol. The average molecular weight is 430 g/mol. The Kier molecular flexibility index (Phi) is 6.33. The Labute approximate surface area is 185 Å². The second-order valence-electron chi connectivity index (χ2n) is 7.11. The number of thiophene rings is 1. The fourth-order valence-corrected chi connectivity index (χ4v) is 4.02. The van der Waals surface area contributed by atoms with E-state index >= 15 is 0 Å². The maximum absolute atomic E-state index is 12.5. The van der Waals surface area contributed by atoms with Gasteiger partial charge in [-0.05, 0) is 54.5 Å². The molecule has 1 amide bonds. The van der Waals surface area contributed by atoms with Crippen LogP contribution in [0.15, 0.2) is 72.8 Å². The number of rotatable bonds is 7. The van der Waals surface area contributed by atoms with Crippen LogP contribution in [-0.4, -0.2) is 32.0 Å². The van der Waals surface area contributed by atoms with Gasteiger partial charge < -0.3 is 5.32 Å². The SMILES string of the molecule is C/C=C\C=C(/C)c1cnn2cc(-c3csc(C(=O)NCCc4cccnc4)c3)cnc12. The predicted octanol–water partition coefficient (Wildman–Crippen LogP) is 4.80. The van der Waals surface area contributed by atoms with Crippen LogP contribution >= 0.6 is 11.3 Å². The fraction of sp³-hybridized carbons (Fsp3) is 0.167. The van der Waals surface area contributed by atoms with Crippen molar-refractivity contribution in [1.82, 2.24) is 24.9 Å². The van der Waals surface area contributed by atoms with Crippen molar-refractivity contribution in [3.8, 4) is 11.1 Å². The van der Waals surface area contributed by atoms with Crippen LogP contribution in [0.5, 0.6) is 0 Å². The number of hydrogen-bond donors (Lipinski definition) is 1. The van der Waals surface area contributed by atoms with Gasteiger partial charge in [-0.15, -0.1) is 11.3 Å². The van der Waals surface area contributed by atoms with Gasteiger partial charge in [0.2, 0.25) is 0 Å². The van der Waals surface area contributed by atoms with Crippen molar-refractivity contribution in [3.05, 3.63) is 88.8 Å². The molecule has 0 saturated heterocycles. The zero-order chi connectivity index (χ0) is 21.6. The zero-order valence-electron chi connectivity index (χ0n) is 17.4. The van der Waals surface area contributed by atoms with Crippen LogP contribution in [0.4, 0.5) is 0 Å². The van der Waals surface area contributed by atoms with Gasteiger partial charge in [-0.25, -0.2) is 9.50 Å². The molecular formula is C24H23N5OS. The lowest BCUT2D eigenvalue weighted by Gasteiger charge is -2.03. The molecule has 4 aromatic heterocycles. The molecule has 0 spiro atoms. The molecule has 31 heavy (non-hydrogen) atoms. The molecule has 4 aromatic rings. The molecule has 1 N–H and O–H groups in total. The van der Waals surface area contributed by atoms with E-state index in [2.05, 4.69) is 20.4 Å². The molecule has 0 aliphatic rings. The molecule has 156 valence electrons. The molecule has 0 radical (unpaired) electrons. The number of nitrogens with one attached hydrogen (secondary N) is 1. The lowest BCUT2D eigenvalue weighted by molar-refractivity contribution is 0.0958. The normalized spacial score (nSPS) is 12.0. The smallest absolute Gasteiger partial charge is 0.261 e. The molecular weight excluding hydrogens is 406 g/mol. The summed E-state index contributed by atoms with van der Waals surface area (Å²) in [5, 5.41) is 9.40. The third kappa shape index (κ3) is 4.78. The van der Waals surface area contributed by atoms with E-state index in [1.165, 1.54) is 11.3 Å². The van der Waals surface area contributed by atoms with Crippen LogP contribution in [0.2, 0.25) is 0 Å². The number of allylic oxidation sites excluding steroid dienone is 4. The van der Waals surface area contributed by atoms with Gasteiger partial charge in [0.15, 0.2) is 5.65 Å². The summed E-state index contributed by atoms with van der Waals surface area (Å²) < 4.78 is 1.78. The monoisotopic (exact) mass is 429 g/mol. The molecule has 0 atom stereocenters. The number of fused-ring (bicyclic) bond motifs is 1. The van der Waals surface area contributed by atoms with Crippen LogP contribution in [0.25, 0.3) is 22.3 Å². The number of carbonyl (C=O) groups excluding carboxylic acids is 1. The maximum atomic E-state index is 12.5. The van der Waals surface area contributed by atoms with Crippen molar-refractivity contribution in [2.45, 2.75) is 20.3 Å². The highest BCUT2D eigenvalue weighted by atomic mass is 32.1. The van der Waals surface area contributed by atoms with Crippen molar-refractivity contribution in [1.29, 1.82) is 0 Å². The Bertz CT molecular complexity index is 1250. The summed E-state index contributed by atoms with van der Waals surface area (Å²) in [6.07, 6.45) is 16.0. The van der Waals surface area contributed by atoms with Crippen molar-refractivity contribution in [3.63, 3.8) is 0 Å². The van der Waals surface area contributed by atoms with Crippen molar-refractivity contribution in [2.24, 2.45) is 0 Å². The number of hydrogen-bond acceptors (Lipinski definition) is 5. The van der Waals surface area contributed by atoms with Gasteiger partial charge in [-0.3, -0.25) is 9.78 Å². The Morgan fingerprint density at radius 1 is 1.26 bits per heavy atom. The first-order chi connectivity index (χ1) is 15.2. The van der Waals surface area contributed by atoms with Crippen LogP contribution < -0.4 is 5.32 Å². The summed E-state index contributed by atoms with van der Waals surface area (Å²) in [5.74, 6) is -0.0692. The van der Waals surface area contributed by atoms with E-state index in [-0.39, 0.29) is 5.91 Å². The van der Waals surface area contributed by atoms with Gasteiger partial charge >= 0.3 is 0 Å². The Morgan fingerprint density at radius 2 is 2.16 bits per heavy atom. The van der Waals surface area contributed by atoms with E-state index in [0.29, 0.717) is 11.4 Å². The Morgan fingerprint density at radius 3 is 2.97 bits per heavy atom. The summed E-state index contributed by atoms with van der Waals surface area (Å²) in [4.78, 5) is 21.9. The van der Waals surface area contributed by atoms with Crippen LogP contribution in [0.3, 0.4) is 0 Å². The van der Waals surface area contributed by atoms with Crippen LogP contribution in [0, 0.1) is 0 Å². The molecule has 0 fully saturated rings. The van der Waals surface area contributed by atoms with Crippen molar-refractivity contribution < 1.29 is 4.79 Å². The number of aromatic nitrogens is 4. The van der Waals surface area contributed by atoms with Gasteiger partial charge in [0.25, 0.3) is 5.91 Å². The molecule has 7 heteroatoms. The van der Waals surface area contributed by atoms with Crippen LogP contribution in [0.1, 0.15) is 34.6 Å². The molecule has 0 aliphatic heterocycles. The van der Waals surface area contributed by atoms with Gasteiger partial charge in [0, 0.05) is 42.5 Å². The topological polar surface area (TPSA) is 72.2 Å². The number of nitrogens with zero attached hydrogens (tertiary/aromatic N) is 4. The van der Waals surface area contributed by atoms with E-state index in [9.17, 15) is 4.79 Å². The second-order valence-corrected chi connectivity index (χ2v) is 8.02. The molecule has 0 saturated carbocycles. The number of amides is 1. The standard InChI is InChI=1S/C24H23N5OS/c1-3-4-6-17(2)21-14-28-29-15-20(13-27-23(21)29)19-11-22(31-16-19)24(30)26-10-8-18-7-5-9-25-12-18/h3-7,9,11-16H,8,10H2,1-2H3,(H,26,30)/b4-3-,17-6+. The van der Waals surface area contributed by atoms with E-state index in [1.807, 2.05) is 80.4 Å². The van der Waals surface area contributed by atoms with E-state index < -0.39 is 0 Å². The van der Waals surface area contributed by atoms with Crippen molar-refractivity contribution >= 4 is 28.5 Å². The first kappa shape index (κ1) is 20.7. The zero-order valence-corrected chi connectivity index (χ0v) is 18.3. The minimum atomic E-state index is -0.0692. The largest absolute Gasteiger partial charge is 0.351 e. The number of pyridine rings is 1. The van der Waals surface area contributed by atoms with E-state index in [1.54, 1.807) is 10.7 Å². The summed E-state index contributed by atoms with van der Waals surface area (Å²) in [6, 6.07) is 5.80. The van der Waals surface area contributed by atoms with Crippen LogP contribution in [-0.2, 0) is 6.42 Å². The molecule has 0 unspecified atom stereocenters. The minimum Gasteiger partial charge on any atom is -0.351 e. The fourth-order valence-electron chi connectivity index (χ4n) is 3.19. The Balaban J connectivity index is 1.46. The first-order valence-electron chi connectivity index (χ1n) is 10.0. The average Bonchev–Trinajstić information content (AvgIpc) is 3.45.